The first kappa shape index (κ1) is 20.9. The molecule has 0 saturated carbocycles. The Kier molecular flexibility index (Phi) is 8.63. The summed E-state index contributed by atoms with van der Waals surface area (Å²) in [4.78, 5) is 26.3. The third-order valence-corrected chi connectivity index (χ3v) is 3.75. The van der Waals surface area contributed by atoms with Crippen LogP contribution in [-0.4, -0.2) is 62.4 Å². The molecule has 0 aromatic rings. The van der Waals surface area contributed by atoms with Crippen molar-refractivity contribution in [3.8, 4) is 0 Å². The molecule has 0 saturated heterocycles. The van der Waals surface area contributed by atoms with Crippen LogP contribution in [-0.2, 0) is 19.1 Å². The predicted octanol–water partition coefficient (Wildman–Crippen LogP) is 1.46. The molecule has 0 radical (unpaired) electrons. The largest absolute Gasteiger partial charge is 0.464 e. The minimum absolute atomic E-state index is 0.0257. The molecule has 0 heterocycles. The highest BCUT2D eigenvalue weighted by atomic mass is 16.5. The van der Waals surface area contributed by atoms with Gasteiger partial charge in [-0.2, -0.15) is 0 Å². The average molecular weight is 317 g/mol. The van der Waals surface area contributed by atoms with Crippen molar-refractivity contribution in [2.24, 2.45) is 10.8 Å². The summed E-state index contributed by atoms with van der Waals surface area (Å²) in [6.45, 7) is 7.97. The van der Waals surface area contributed by atoms with Gasteiger partial charge < -0.3 is 19.5 Å². The quantitative estimate of drug-likeness (QED) is 0.615. The van der Waals surface area contributed by atoms with Crippen LogP contribution in [0.25, 0.3) is 0 Å². The maximum Gasteiger partial charge on any atom is 0.311 e. The number of likely N-dealkylation sites (N-methyl/N-ethyl adjacent to an activating group) is 1. The molecule has 0 rings (SSSR count). The van der Waals surface area contributed by atoms with E-state index < -0.39 is 16.8 Å². The van der Waals surface area contributed by atoms with Crippen molar-refractivity contribution in [3.05, 3.63) is 0 Å². The van der Waals surface area contributed by atoms with Crippen molar-refractivity contribution >= 4 is 11.9 Å². The average Bonchev–Trinajstić information content (AvgIpc) is 2.43. The van der Waals surface area contributed by atoms with Gasteiger partial charge in [0, 0.05) is 6.54 Å². The van der Waals surface area contributed by atoms with E-state index in [2.05, 4.69) is 0 Å². The van der Waals surface area contributed by atoms with Crippen molar-refractivity contribution in [1.29, 1.82) is 0 Å². The molecule has 1 atom stereocenters. The van der Waals surface area contributed by atoms with Crippen LogP contribution in [0, 0.1) is 10.8 Å². The van der Waals surface area contributed by atoms with Crippen LogP contribution in [0.15, 0.2) is 0 Å². The van der Waals surface area contributed by atoms with Gasteiger partial charge in [-0.05, 0) is 47.7 Å². The maximum atomic E-state index is 12.2. The van der Waals surface area contributed by atoms with Gasteiger partial charge in [0.15, 0.2) is 0 Å². The summed E-state index contributed by atoms with van der Waals surface area (Å²) >= 11 is 0. The van der Waals surface area contributed by atoms with Crippen LogP contribution < -0.4 is 0 Å². The zero-order chi connectivity index (χ0) is 17.4. The smallest absolute Gasteiger partial charge is 0.311 e. The highest BCUT2D eigenvalue weighted by molar-refractivity contribution is 5.80. The summed E-state index contributed by atoms with van der Waals surface area (Å²) in [6, 6.07) is 0. The summed E-state index contributed by atoms with van der Waals surface area (Å²) in [5.74, 6) is -0.706. The Bertz CT molecular complexity index is 368. The fraction of sp³-hybridized carbons (Fsp3) is 0.875. The normalized spacial score (nSPS) is 14.5. The van der Waals surface area contributed by atoms with Crippen molar-refractivity contribution in [1.82, 2.24) is 4.90 Å². The van der Waals surface area contributed by atoms with Crippen molar-refractivity contribution in [3.63, 3.8) is 0 Å². The lowest BCUT2D eigenvalue weighted by Gasteiger charge is -2.33. The summed E-state index contributed by atoms with van der Waals surface area (Å²) in [5, 5.41) is 8.76. The molecule has 22 heavy (non-hydrogen) atoms. The Morgan fingerprint density at radius 1 is 1.05 bits per heavy atom. The van der Waals surface area contributed by atoms with Crippen molar-refractivity contribution < 1.29 is 24.2 Å². The van der Waals surface area contributed by atoms with E-state index >= 15 is 0 Å². The topological polar surface area (TPSA) is 76.1 Å². The zero-order valence-corrected chi connectivity index (χ0v) is 14.8. The van der Waals surface area contributed by atoms with Gasteiger partial charge in [-0.25, -0.2) is 0 Å². The lowest BCUT2D eigenvalue weighted by molar-refractivity contribution is -0.163. The van der Waals surface area contributed by atoms with Gasteiger partial charge in [-0.3, -0.25) is 9.59 Å². The number of rotatable bonds is 10. The third kappa shape index (κ3) is 6.75. The molecule has 1 N–H and O–H groups in total. The number of carbonyl (C=O) groups is 2. The SMILES string of the molecule is CCC(C)(CC(C)(C)C(=O)OCCN(C)C)C(=O)OCCO. The van der Waals surface area contributed by atoms with Crippen LogP contribution in [0.4, 0.5) is 0 Å². The van der Waals surface area contributed by atoms with E-state index in [1.807, 2.05) is 25.9 Å². The van der Waals surface area contributed by atoms with E-state index in [0.717, 1.165) is 0 Å². The fourth-order valence-electron chi connectivity index (χ4n) is 2.22. The van der Waals surface area contributed by atoms with Gasteiger partial charge >= 0.3 is 11.9 Å². The summed E-state index contributed by atoms with van der Waals surface area (Å²) in [6.07, 6.45) is 0.882. The number of hydrogen-bond donors (Lipinski definition) is 1. The second-order valence-electron chi connectivity index (χ2n) is 6.77. The van der Waals surface area contributed by atoms with E-state index in [4.69, 9.17) is 14.6 Å². The first-order valence-electron chi connectivity index (χ1n) is 7.69. The standard InChI is InChI=1S/C16H31NO5/c1-7-16(4,14(20)22-11-9-18)12-15(2,3)13(19)21-10-8-17(5)6/h18H,7-12H2,1-6H3. The first-order valence-corrected chi connectivity index (χ1v) is 7.69. The molecule has 0 fully saturated rings. The number of nitrogens with zero attached hydrogens (tertiary/aromatic N) is 1. The Morgan fingerprint density at radius 3 is 2.05 bits per heavy atom. The van der Waals surface area contributed by atoms with E-state index in [1.54, 1.807) is 20.8 Å². The van der Waals surface area contributed by atoms with Gasteiger partial charge in [0.05, 0.1) is 17.4 Å². The molecule has 0 bridgehead atoms. The monoisotopic (exact) mass is 317 g/mol. The van der Waals surface area contributed by atoms with Crippen LogP contribution in [0.1, 0.15) is 40.5 Å². The molecular weight excluding hydrogens is 286 g/mol. The number of carbonyl (C=O) groups excluding carboxylic acids is 2. The summed E-state index contributed by atoms with van der Waals surface area (Å²) in [7, 11) is 3.81. The number of ether oxygens (including phenoxy) is 2. The summed E-state index contributed by atoms with van der Waals surface area (Å²) in [5.41, 5.74) is -1.56. The molecule has 0 aromatic heterocycles. The lowest BCUT2D eigenvalue weighted by atomic mass is 9.72. The van der Waals surface area contributed by atoms with Gasteiger partial charge in [0.2, 0.25) is 0 Å². The van der Waals surface area contributed by atoms with Crippen molar-refractivity contribution in [2.45, 2.75) is 40.5 Å². The van der Waals surface area contributed by atoms with Gasteiger partial charge in [-0.1, -0.05) is 6.92 Å². The second-order valence-corrected chi connectivity index (χ2v) is 6.77. The Hall–Kier alpha value is -1.14. The Balaban J connectivity index is 4.74. The number of hydrogen-bond acceptors (Lipinski definition) is 6. The molecule has 6 nitrogen and oxygen atoms in total. The Labute approximate surface area is 133 Å². The molecular formula is C16H31NO5. The third-order valence-electron chi connectivity index (χ3n) is 3.75. The zero-order valence-electron chi connectivity index (χ0n) is 14.8. The number of aliphatic hydroxyl groups excluding tert-OH is 1. The van der Waals surface area contributed by atoms with E-state index in [9.17, 15) is 9.59 Å². The van der Waals surface area contributed by atoms with Gasteiger partial charge in [-0.15, -0.1) is 0 Å². The van der Waals surface area contributed by atoms with E-state index in [-0.39, 0.29) is 19.2 Å². The van der Waals surface area contributed by atoms with Crippen LogP contribution in [0.5, 0.6) is 0 Å². The number of esters is 2. The predicted molar refractivity (Wildman–Crippen MR) is 84.4 cm³/mol. The van der Waals surface area contributed by atoms with E-state index in [0.29, 0.717) is 26.0 Å². The van der Waals surface area contributed by atoms with Crippen molar-refractivity contribution in [2.75, 3.05) is 40.5 Å². The molecule has 1 unspecified atom stereocenters. The lowest BCUT2D eigenvalue weighted by Crippen LogP contribution is -2.39. The van der Waals surface area contributed by atoms with Crippen LogP contribution in [0.2, 0.25) is 0 Å². The van der Waals surface area contributed by atoms with Crippen LogP contribution >= 0.6 is 0 Å². The maximum absolute atomic E-state index is 12.2. The molecule has 0 spiro atoms. The van der Waals surface area contributed by atoms with Gasteiger partial charge in [0.1, 0.15) is 13.2 Å². The second kappa shape index (κ2) is 9.10. The molecule has 0 aliphatic heterocycles. The minimum atomic E-state index is -0.782. The molecule has 0 aliphatic carbocycles. The first-order chi connectivity index (χ1) is 10.1. The molecule has 0 aliphatic rings. The highest BCUT2D eigenvalue weighted by Gasteiger charge is 2.42. The minimum Gasteiger partial charge on any atom is -0.464 e. The highest BCUT2D eigenvalue weighted by Crippen LogP contribution is 2.38. The molecule has 130 valence electrons. The Morgan fingerprint density at radius 2 is 1.59 bits per heavy atom. The van der Waals surface area contributed by atoms with Crippen LogP contribution in [0.3, 0.4) is 0 Å². The summed E-state index contributed by atoms with van der Waals surface area (Å²) < 4.78 is 10.3. The molecule has 0 aromatic carbocycles. The fourth-order valence-corrected chi connectivity index (χ4v) is 2.22. The van der Waals surface area contributed by atoms with Gasteiger partial charge in [0.25, 0.3) is 0 Å². The number of aliphatic hydroxyl groups is 1. The molecule has 6 heteroatoms. The van der Waals surface area contributed by atoms with E-state index in [1.165, 1.54) is 0 Å². The molecule has 0 amide bonds.